The van der Waals surface area contributed by atoms with Crippen LogP contribution >= 0.6 is 24.8 Å². The van der Waals surface area contributed by atoms with Gasteiger partial charge in [-0.05, 0) is 41.8 Å². The van der Waals surface area contributed by atoms with Crippen molar-refractivity contribution < 1.29 is 0 Å². The summed E-state index contributed by atoms with van der Waals surface area (Å²) in [5.41, 5.74) is 18.4. The number of nitrogens with one attached hydrogen (secondary N) is 2. The maximum absolute atomic E-state index is 7.53. The van der Waals surface area contributed by atoms with E-state index in [-0.39, 0.29) is 36.5 Å². The number of benzene rings is 3. The van der Waals surface area contributed by atoms with Gasteiger partial charge in [0.1, 0.15) is 11.7 Å². The molecule has 0 atom stereocenters. The lowest BCUT2D eigenvalue weighted by molar-refractivity contribution is 0.904. The molecule has 0 unspecified atom stereocenters. The molecule has 0 aliphatic heterocycles. The van der Waals surface area contributed by atoms with Crippen molar-refractivity contribution in [1.29, 1.82) is 10.8 Å². The first-order valence-electron chi connectivity index (χ1n) is 10.1. The number of amidine groups is 2. The molecule has 0 heterocycles. The van der Waals surface area contributed by atoms with Gasteiger partial charge in [-0.15, -0.1) is 24.8 Å². The molecular formula is C25H32Cl2N6. The van der Waals surface area contributed by atoms with E-state index in [0.717, 1.165) is 46.7 Å². The highest BCUT2D eigenvalue weighted by molar-refractivity contribution is 5.95. The summed E-state index contributed by atoms with van der Waals surface area (Å²) in [6.07, 6.45) is 0. The Morgan fingerprint density at radius 2 is 1.00 bits per heavy atom. The van der Waals surface area contributed by atoms with Gasteiger partial charge in [0.25, 0.3) is 0 Å². The molecule has 176 valence electrons. The molecule has 33 heavy (non-hydrogen) atoms. The van der Waals surface area contributed by atoms with Crippen molar-refractivity contribution in [3.8, 4) is 0 Å². The van der Waals surface area contributed by atoms with Crippen LogP contribution in [0.15, 0.2) is 66.7 Å². The summed E-state index contributed by atoms with van der Waals surface area (Å²) in [7, 11) is 4.16. The zero-order valence-corrected chi connectivity index (χ0v) is 20.8. The van der Waals surface area contributed by atoms with Gasteiger partial charge >= 0.3 is 0 Å². The van der Waals surface area contributed by atoms with Crippen LogP contribution in [0.3, 0.4) is 0 Å². The lowest BCUT2D eigenvalue weighted by atomic mass is 10.1. The quantitative estimate of drug-likeness (QED) is 0.273. The highest BCUT2D eigenvalue weighted by Crippen LogP contribution is 2.26. The van der Waals surface area contributed by atoms with Crippen LogP contribution in [0.1, 0.15) is 27.8 Å². The molecule has 6 nitrogen and oxygen atoms in total. The van der Waals surface area contributed by atoms with Gasteiger partial charge in [-0.3, -0.25) is 10.8 Å². The minimum absolute atomic E-state index is 0. The Kier molecular flexibility index (Phi) is 10.2. The summed E-state index contributed by atoms with van der Waals surface area (Å²) in [5.74, 6) is 0.171. The molecule has 0 saturated heterocycles. The fourth-order valence-electron chi connectivity index (χ4n) is 3.49. The average Bonchev–Trinajstić information content (AvgIpc) is 2.74. The van der Waals surface area contributed by atoms with Crippen LogP contribution in [-0.4, -0.2) is 25.8 Å². The summed E-state index contributed by atoms with van der Waals surface area (Å²) in [6, 6.07) is 22.2. The molecule has 0 spiro atoms. The number of aryl methyl sites for hydroxylation is 1. The van der Waals surface area contributed by atoms with Gasteiger partial charge in [0, 0.05) is 49.7 Å². The number of halogens is 2. The third-order valence-corrected chi connectivity index (χ3v) is 5.30. The second kappa shape index (κ2) is 12.1. The molecule has 3 aromatic rings. The Morgan fingerprint density at radius 1 is 0.667 bits per heavy atom. The highest BCUT2D eigenvalue weighted by Gasteiger charge is 2.09. The zero-order valence-electron chi connectivity index (χ0n) is 19.1. The first-order chi connectivity index (χ1) is 14.7. The van der Waals surface area contributed by atoms with Crippen molar-refractivity contribution in [3.63, 3.8) is 0 Å². The van der Waals surface area contributed by atoms with Gasteiger partial charge < -0.3 is 21.3 Å². The van der Waals surface area contributed by atoms with Crippen LogP contribution in [0.5, 0.6) is 0 Å². The molecule has 0 fully saturated rings. The third kappa shape index (κ3) is 7.41. The fraction of sp³-hybridized carbons (Fsp3) is 0.200. The van der Waals surface area contributed by atoms with E-state index in [9.17, 15) is 0 Å². The number of nitrogen functional groups attached to an aromatic ring is 2. The molecule has 0 amide bonds. The Bertz CT molecular complexity index is 997. The van der Waals surface area contributed by atoms with Crippen molar-refractivity contribution in [1.82, 2.24) is 0 Å². The van der Waals surface area contributed by atoms with Gasteiger partial charge in [-0.2, -0.15) is 0 Å². The monoisotopic (exact) mass is 486 g/mol. The summed E-state index contributed by atoms with van der Waals surface area (Å²) < 4.78 is 0. The van der Waals surface area contributed by atoms with Crippen LogP contribution in [0.2, 0.25) is 0 Å². The van der Waals surface area contributed by atoms with Gasteiger partial charge in [0.2, 0.25) is 0 Å². The molecule has 0 aliphatic carbocycles. The summed E-state index contributed by atoms with van der Waals surface area (Å²) >= 11 is 0. The van der Waals surface area contributed by atoms with Crippen LogP contribution < -0.4 is 21.3 Å². The lowest BCUT2D eigenvalue weighted by Gasteiger charge is -2.25. The minimum Gasteiger partial charge on any atom is -0.384 e. The van der Waals surface area contributed by atoms with E-state index in [4.69, 9.17) is 22.3 Å². The topological polar surface area (TPSA) is 106 Å². The second-order valence-electron chi connectivity index (χ2n) is 7.96. The summed E-state index contributed by atoms with van der Waals surface area (Å²) in [4.78, 5) is 4.43. The maximum Gasteiger partial charge on any atom is 0.122 e. The van der Waals surface area contributed by atoms with Gasteiger partial charge in [0.05, 0.1) is 0 Å². The van der Waals surface area contributed by atoms with E-state index in [2.05, 4.69) is 49.0 Å². The molecular weight excluding hydrogens is 455 g/mol. The number of nitrogens with zero attached hydrogens (tertiary/aromatic N) is 2. The van der Waals surface area contributed by atoms with Crippen molar-refractivity contribution in [2.75, 3.05) is 23.9 Å². The maximum atomic E-state index is 7.53. The van der Waals surface area contributed by atoms with E-state index < -0.39 is 0 Å². The molecule has 0 aromatic heterocycles. The Hall–Kier alpha value is -3.22. The normalized spacial score (nSPS) is 9.91. The molecule has 3 rings (SSSR count). The van der Waals surface area contributed by atoms with E-state index in [1.54, 1.807) is 0 Å². The smallest absolute Gasteiger partial charge is 0.122 e. The van der Waals surface area contributed by atoms with Crippen LogP contribution in [0.25, 0.3) is 0 Å². The largest absolute Gasteiger partial charge is 0.384 e. The third-order valence-electron chi connectivity index (χ3n) is 5.30. The minimum atomic E-state index is 0. The van der Waals surface area contributed by atoms with Crippen molar-refractivity contribution in [2.24, 2.45) is 11.5 Å². The van der Waals surface area contributed by atoms with Gasteiger partial charge in [-0.25, -0.2) is 0 Å². The Balaban J connectivity index is 0.00000272. The van der Waals surface area contributed by atoms with Crippen LogP contribution in [-0.2, 0) is 13.1 Å². The van der Waals surface area contributed by atoms with Crippen LogP contribution in [0.4, 0.5) is 11.4 Å². The second-order valence-corrected chi connectivity index (χ2v) is 7.96. The number of rotatable bonds is 8. The number of hydrogen-bond acceptors (Lipinski definition) is 4. The highest BCUT2D eigenvalue weighted by atomic mass is 35.5. The number of nitrogens with two attached hydrogens (primary N) is 2. The summed E-state index contributed by atoms with van der Waals surface area (Å²) in [5, 5.41) is 15.1. The van der Waals surface area contributed by atoms with E-state index >= 15 is 0 Å². The van der Waals surface area contributed by atoms with Crippen LogP contribution in [0, 0.1) is 17.7 Å². The van der Waals surface area contributed by atoms with Crippen molar-refractivity contribution in [2.45, 2.75) is 20.0 Å². The Labute approximate surface area is 208 Å². The molecule has 8 heteroatoms. The molecule has 0 bridgehead atoms. The number of hydrogen-bond donors (Lipinski definition) is 4. The first kappa shape index (κ1) is 27.8. The van der Waals surface area contributed by atoms with E-state index in [1.165, 1.54) is 5.56 Å². The van der Waals surface area contributed by atoms with Gasteiger partial charge in [0.15, 0.2) is 0 Å². The predicted octanol–water partition coefficient (Wildman–Crippen LogP) is 4.68. The molecule has 3 aromatic carbocycles. The summed E-state index contributed by atoms with van der Waals surface area (Å²) in [6.45, 7) is 3.63. The molecule has 0 aliphatic rings. The molecule has 0 radical (unpaired) electrons. The number of anilines is 2. The molecule has 0 saturated carbocycles. The Morgan fingerprint density at radius 3 is 1.30 bits per heavy atom. The standard InChI is InChI=1S/C25H30N6.2ClH/c1-17-12-22(30(2)15-18-4-8-20(9-5-18)24(26)27)14-23(13-17)31(3)16-19-6-10-21(11-7-19)25(28)29;;/h4-14H,15-16H2,1-3H3,(H3,26,27)(H3,28,29);2*1H. The lowest BCUT2D eigenvalue weighted by Crippen LogP contribution is -2.20. The van der Waals surface area contributed by atoms with Crippen molar-refractivity contribution >= 4 is 47.9 Å². The van der Waals surface area contributed by atoms with E-state index in [0.29, 0.717) is 0 Å². The SMILES string of the molecule is Cc1cc(N(C)Cc2ccc(C(=N)N)cc2)cc(N(C)Cc2ccc(C(=N)N)cc2)c1.Cl.Cl. The molecule has 6 N–H and O–H groups in total. The first-order valence-corrected chi connectivity index (χ1v) is 10.1. The fourth-order valence-corrected chi connectivity index (χ4v) is 3.49. The zero-order chi connectivity index (χ0) is 22.5. The van der Waals surface area contributed by atoms with Crippen molar-refractivity contribution in [3.05, 3.63) is 94.5 Å². The average molecular weight is 487 g/mol. The van der Waals surface area contributed by atoms with E-state index in [1.807, 2.05) is 48.5 Å². The predicted molar refractivity (Wildman–Crippen MR) is 145 cm³/mol. The van der Waals surface area contributed by atoms with Gasteiger partial charge in [-0.1, -0.05) is 48.5 Å².